The van der Waals surface area contributed by atoms with Crippen molar-refractivity contribution in [1.82, 2.24) is 5.32 Å². The highest BCUT2D eigenvalue weighted by Crippen LogP contribution is 2.33. The summed E-state index contributed by atoms with van der Waals surface area (Å²) in [5.74, 6) is -0.0805. The van der Waals surface area contributed by atoms with Gasteiger partial charge in [0.2, 0.25) is 5.91 Å². The van der Waals surface area contributed by atoms with Gasteiger partial charge in [0, 0.05) is 24.3 Å². The van der Waals surface area contributed by atoms with E-state index in [1.807, 2.05) is 11.0 Å². The highest BCUT2D eigenvalue weighted by Gasteiger charge is 2.34. The molecular formula is C12H13FN2O. The molecule has 1 N–H and O–H groups in total. The van der Waals surface area contributed by atoms with Gasteiger partial charge < -0.3 is 10.2 Å². The van der Waals surface area contributed by atoms with Crippen LogP contribution in [-0.2, 0) is 11.2 Å². The number of halogens is 1. The van der Waals surface area contributed by atoms with Crippen LogP contribution in [-0.4, -0.2) is 25.0 Å². The second kappa shape index (κ2) is 3.47. The van der Waals surface area contributed by atoms with Crippen molar-refractivity contribution in [2.75, 3.05) is 18.0 Å². The van der Waals surface area contributed by atoms with Gasteiger partial charge in [0.25, 0.3) is 0 Å². The van der Waals surface area contributed by atoms with Gasteiger partial charge in [-0.25, -0.2) is 4.39 Å². The number of anilines is 1. The van der Waals surface area contributed by atoms with E-state index in [4.69, 9.17) is 0 Å². The fraction of sp³-hybridized carbons (Fsp3) is 0.417. The molecule has 1 saturated heterocycles. The lowest BCUT2D eigenvalue weighted by Crippen LogP contribution is -2.57. The molecule has 2 heterocycles. The zero-order valence-corrected chi connectivity index (χ0v) is 8.87. The number of rotatable bonds is 0. The predicted molar refractivity (Wildman–Crippen MR) is 58.9 cm³/mol. The minimum absolute atomic E-state index is 0.0705. The van der Waals surface area contributed by atoms with E-state index in [0.717, 1.165) is 17.8 Å². The minimum Gasteiger partial charge on any atom is -0.357 e. The lowest BCUT2D eigenvalue weighted by atomic mass is 9.93. The average Bonchev–Trinajstić information content (AvgIpc) is 2.30. The van der Waals surface area contributed by atoms with Gasteiger partial charge in [0.15, 0.2) is 0 Å². The van der Waals surface area contributed by atoms with E-state index in [0.29, 0.717) is 19.4 Å². The van der Waals surface area contributed by atoms with E-state index in [1.54, 1.807) is 6.07 Å². The fourth-order valence-corrected chi connectivity index (χ4v) is 2.63. The van der Waals surface area contributed by atoms with Crippen LogP contribution in [0.2, 0.25) is 0 Å². The van der Waals surface area contributed by atoms with Gasteiger partial charge in [-0.1, -0.05) is 6.07 Å². The van der Waals surface area contributed by atoms with Crippen LogP contribution in [0.5, 0.6) is 0 Å². The first-order valence-electron chi connectivity index (χ1n) is 5.59. The van der Waals surface area contributed by atoms with Crippen molar-refractivity contribution in [2.24, 2.45) is 0 Å². The molecule has 16 heavy (non-hydrogen) atoms. The normalized spacial score (nSPS) is 23.4. The third kappa shape index (κ3) is 1.29. The van der Waals surface area contributed by atoms with E-state index >= 15 is 0 Å². The zero-order valence-electron chi connectivity index (χ0n) is 8.87. The molecule has 2 aliphatic heterocycles. The van der Waals surface area contributed by atoms with E-state index in [1.165, 1.54) is 6.07 Å². The van der Waals surface area contributed by atoms with Crippen molar-refractivity contribution in [2.45, 2.75) is 18.9 Å². The monoisotopic (exact) mass is 220 g/mol. The Balaban J connectivity index is 2.06. The number of nitrogens with zero attached hydrogens (tertiary/aromatic N) is 1. The third-order valence-electron chi connectivity index (χ3n) is 3.40. The summed E-state index contributed by atoms with van der Waals surface area (Å²) < 4.78 is 13.6. The molecule has 1 aromatic carbocycles. The highest BCUT2D eigenvalue weighted by molar-refractivity contribution is 5.87. The molecule has 1 amide bonds. The largest absolute Gasteiger partial charge is 0.357 e. The van der Waals surface area contributed by atoms with Crippen molar-refractivity contribution in [1.29, 1.82) is 0 Å². The lowest BCUT2D eigenvalue weighted by molar-refractivity contribution is -0.123. The number of piperazine rings is 1. The molecule has 1 aromatic rings. The number of hydrogen-bond acceptors (Lipinski definition) is 2. The molecule has 1 atom stereocenters. The first kappa shape index (κ1) is 9.63. The molecule has 0 aromatic heterocycles. The molecule has 4 heteroatoms. The van der Waals surface area contributed by atoms with Crippen molar-refractivity contribution < 1.29 is 9.18 Å². The first-order chi connectivity index (χ1) is 7.77. The standard InChI is InChI=1S/C12H13FN2O/c13-9-2-1-3-10-8(9)4-5-11-12(16)14-6-7-15(10)11/h1-3,11H,4-7H2,(H,14,16). The summed E-state index contributed by atoms with van der Waals surface area (Å²) >= 11 is 0. The minimum atomic E-state index is -0.151. The van der Waals surface area contributed by atoms with E-state index in [-0.39, 0.29) is 17.8 Å². The summed E-state index contributed by atoms with van der Waals surface area (Å²) in [6.07, 6.45) is 1.36. The summed E-state index contributed by atoms with van der Waals surface area (Å²) in [7, 11) is 0. The SMILES string of the molecule is O=C1NCCN2c3cccc(F)c3CCC12. The molecular weight excluding hydrogens is 207 g/mol. The van der Waals surface area contributed by atoms with Gasteiger partial charge in [-0.3, -0.25) is 4.79 Å². The van der Waals surface area contributed by atoms with Crippen LogP contribution in [0.25, 0.3) is 0 Å². The summed E-state index contributed by atoms with van der Waals surface area (Å²) in [4.78, 5) is 13.7. The fourth-order valence-electron chi connectivity index (χ4n) is 2.63. The summed E-state index contributed by atoms with van der Waals surface area (Å²) in [5, 5.41) is 2.85. The zero-order chi connectivity index (χ0) is 11.1. The highest BCUT2D eigenvalue weighted by atomic mass is 19.1. The molecule has 1 unspecified atom stereocenters. The quantitative estimate of drug-likeness (QED) is 0.709. The molecule has 0 bridgehead atoms. The Morgan fingerprint density at radius 1 is 1.44 bits per heavy atom. The van der Waals surface area contributed by atoms with Crippen LogP contribution in [0, 0.1) is 5.82 Å². The van der Waals surface area contributed by atoms with Crippen molar-refractivity contribution in [3.05, 3.63) is 29.6 Å². The average molecular weight is 220 g/mol. The van der Waals surface area contributed by atoms with Gasteiger partial charge in [0.1, 0.15) is 11.9 Å². The van der Waals surface area contributed by atoms with Gasteiger partial charge in [-0.2, -0.15) is 0 Å². The molecule has 3 rings (SSSR count). The van der Waals surface area contributed by atoms with Crippen molar-refractivity contribution in [3.63, 3.8) is 0 Å². The third-order valence-corrected chi connectivity index (χ3v) is 3.40. The Morgan fingerprint density at radius 2 is 2.31 bits per heavy atom. The van der Waals surface area contributed by atoms with Crippen LogP contribution in [0.1, 0.15) is 12.0 Å². The van der Waals surface area contributed by atoms with E-state index in [2.05, 4.69) is 5.32 Å². The predicted octanol–water partition coefficient (Wildman–Crippen LogP) is 1.08. The van der Waals surface area contributed by atoms with Crippen molar-refractivity contribution >= 4 is 11.6 Å². The molecule has 3 nitrogen and oxygen atoms in total. The molecule has 84 valence electrons. The van der Waals surface area contributed by atoms with Crippen LogP contribution in [0.4, 0.5) is 10.1 Å². The van der Waals surface area contributed by atoms with Gasteiger partial charge in [-0.15, -0.1) is 0 Å². The second-order valence-electron chi connectivity index (χ2n) is 4.28. The summed E-state index contributed by atoms with van der Waals surface area (Å²) in [6.45, 7) is 1.41. The maximum absolute atomic E-state index is 13.6. The van der Waals surface area contributed by atoms with Crippen molar-refractivity contribution in [3.8, 4) is 0 Å². The van der Waals surface area contributed by atoms with E-state index in [9.17, 15) is 9.18 Å². The second-order valence-corrected chi connectivity index (χ2v) is 4.28. The lowest BCUT2D eigenvalue weighted by Gasteiger charge is -2.41. The number of benzene rings is 1. The van der Waals surface area contributed by atoms with Gasteiger partial charge in [-0.05, 0) is 25.0 Å². The molecule has 1 fully saturated rings. The van der Waals surface area contributed by atoms with Crippen LogP contribution < -0.4 is 10.2 Å². The molecule has 0 saturated carbocycles. The topological polar surface area (TPSA) is 32.3 Å². The van der Waals surface area contributed by atoms with Crippen LogP contribution >= 0.6 is 0 Å². The Kier molecular flexibility index (Phi) is 2.09. The number of fused-ring (bicyclic) bond motifs is 3. The maximum atomic E-state index is 13.6. The molecule has 0 radical (unpaired) electrons. The van der Waals surface area contributed by atoms with E-state index < -0.39 is 0 Å². The van der Waals surface area contributed by atoms with Gasteiger partial charge in [0.05, 0.1) is 0 Å². The van der Waals surface area contributed by atoms with Crippen LogP contribution in [0.3, 0.4) is 0 Å². The number of amides is 1. The Bertz CT molecular complexity index is 447. The Hall–Kier alpha value is -1.58. The number of nitrogens with one attached hydrogen (secondary N) is 1. The summed E-state index contributed by atoms with van der Waals surface area (Å²) in [6, 6.07) is 5.00. The van der Waals surface area contributed by atoms with Crippen LogP contribution in [0.15, 0.2) is 18.2 Å². The van der Waals surface area contributed by atoms with Gasteiger partial charge >= 0.3 is 0 Å². The number of hydrogen-bond donors (Lipinski definition) is 1. The number of carbonyl (C=O) groups excluding carboxylic acids is 1. The number of carbonyl (C=O) groups is 1. The first-order valence-corrected chi connectivity index (χ1v) is 5.59. The Morgan fingerprint density at radius 3 is 3.19 bits per heavy atom. The molecule has 0 spiro atoms. The Labute approximate surface area is 93.2 Å². The maximum Gasteiger partial charge on any atom is 0.242 e. The molecule has 2 aliphatic rings. The smallest absolute Gasteiger partial charge is 0.242 e. The molecule has 0 aliphatic carbocycles. The summed E-state index contributed by atoms with van der Waals surface area (Å²) in [5.41, 5.74) is 1.65.